The van der Waals surface area contributed by atoms with Crippen molar-refractivity contribution in [3.63, 3.8) is 0 Å². The number of imide groups is 1. The number of nitrogens with zero attached hydrogens (tertiary/aromatic N) is 1. The molecule has 120 valence electrons. The molecule has 6 heteroatoms. The minimum absolute atomic E-state index is 0.0636. The van der Waals surface area contributed by atoms with E-state index in [2.05, 4.69) is 5.32 Å². The average Bonchev–Trinajstić information content (AvgIpc) is 2.71. The van der Waals surface area contributed by atoms with Gasteiger partial charge in [-0.15, -0.1) is 0 Å². The van der Waals surface area contributed by atoms with Crippen LogP contribution in [0.15, 0.2) is 24.3 Å². The molecule has 1 aromatic carbocycles. The van der Waals surface area contributed by atoms with Gasteiger partial charge < -0.3 is 14.8 Å². The molecule has 0 spiro atoms. The number of carbonyl (C=O) groups is 2. The first-order chi connectivity index (χ1) is 10.4. The molecule has 1 heterocycles. The normalized spacial score (nSPS) is 21.4. The summed E-state index contributed by atoms with van der Waals surface area (Å²) in [6.45, 7) is 6.10. The first kappa shape index (κ1) is 16.3. The third kappa shape index (κ3) is 3.06. The maximum atomic E-state index is 12.6. The number of hydrogen-bond donors (Lipinski definition) is 1. The number of nitrogens with one attached hydrogen (secondary N) is 1. The fourth-order valence-corrected chi connectivity index (χ4v) is 2.40. The van der Waals surface area contributed by atoms with E-state index in [9.17, 15) is 9.59 Å². The highest BCUT2D eigenvalue weighted by Crippen LogP contribution is 2.29. The van der Waals surface area contributed by atoms with Crippen LogP contribution in [0.2, 0.25) is 0 Å². The van der Waals surface area contributed by atoms with Gasteiger partial charge in [-0.1, -0.05) is 12.1 Å². The molecule has 1 saturated heterocycles. The molecule has 1 aliphatic rings. The van der Waals surface area contributed by atoms with Crippen LogP contribution in [0.4, 0.5) is 4.79 Å². The van der Waals surface area contributed by atoms with Crippen LogP contribution >= 0.6 is 0 Å². The second-order valence-electron chi connectivity index (χ2n) is 5.66. The summed E-state index contributed by atoms with van der Waals surface area (Å²) in [5, 5.41) is 2.76. The zero-order valence-electron chi connectivity index (χ0n) is 13.4. The summed E-state index contributed by atoms with van der Waals surface area (Å²) in [6.07, 6.45) is 0.0636. The number of rotatable bonds is 6. The summed E-state index contributed by atoms with van der Waals surface area (Å²) in [5.74, 6) is 0.432. The van der Waals surface area contributed by atoms with Gasteiger partial charge in [-0.25, -0.2) is 4.79 Å². The minimum Gasteiger partial charge on any atom is -0.497 e. The lowest BCUT2D eigenvalue weighted by atomic mass is 9.92. The van der Waals surface area contributed by atoms with Crippen LogP contribution in [-0.2, 0) is 15.1 Å². The Kier molecular flexibility index (Phi) is 4.71. The Morgan fingerprint density at radius 2 is 1.86 bits per heavy atom. The number of ether oxygens (including phenoxy) is 2. The second kappa shape index (κ2) is 6.36. The fourth-order valence-electron chi connectivity index (χ4n) is 2.40. The van der Waals surface area contributed by atoms with Gasteiger partial charge >= 0.3 is 6.03 Å². The lowest BCUT2D eigenvalue weighted by molar-refractivity contribution is -0.131. The Labute approximate surface area is 130 Å². The zero-order valence-corrected chi connectivity index (χ0v) is 13.4. The van der Waals surface area contributed by atoms with E-state index in [0.29, 0.717) is 12.4 Å². The monoisotopic (exact) mass is 306 g/mol. The average molecular weight is 306 g/mol. The van der Waals surface area contributed by atoms with Crippen LogP contribution in [0, 0.1) is 0 Å². The third-order valence-corrected chi connectivity index (χ3v) is 3.71. The molecular formula is C16H22N2O4. The van der Waals surface area contributed by atoms with E-state index in [0.717, 1.165) is 5.56 Å². The van der Waals surface area contributed by atoms with Crippen molar-refractivity contribution in [3.05, 3.63) is 29.8 Å². The molecule has 1 aliphatic heterocycles. The van der Waals surface area contributed by atoms with Crippen LogP contribution in [0.25, 0.3) is 0 Å². The summed E-state index contributed by atoms with van der Waals surface area (Å²) < 4.78 is 10.5. The molecule has 1 N–H and O–H groups in total. The van der Waals surface area contributed by atoms with Gasteiger partial charge in [-0.05, 0) is 38.5 Å². The first-order valence-electron chi connectivity index (χ1n) is 7.28. The van der Waals surface area contributed by atoms with Crippen molar-refractivity contribution in [2.75, 3.05) is 20.3 Å². The standard InChI is InChI=1S/C16H22N2O4/c1-11(2)22-10-9-18-14(19)16(3,17-15(18)20)12-5-7-13(21-4)8-6-12/h5-8,11H,9-10H2,1-4H3,(H,17,20). The predicted octanol–water partition coefficient (Wildman–Crippen LogP) is 1.89. The van der Waals surface area contributed by atoms with Crippen molar-refractivity contribution in [3.8, 4) is 5.75 Å². The van der Waals surface area contributed by atoms with Crippen molar-refractivity contribution in [1.82, 2.24) is 10.2 Å². The smallest absolute Gasteiger partial charge is 0.325 e. The molecule has 1 aromatic rings. The predicted molar refractivity (Wildman–Crippen MR) is 81.7 cm³/mol. The molecule has 1 fully saturated rings. The zero-order chi connectivity index (χ0) is 16.3. The summed E-state index contributed by atoms with van der Waals surface area (Å²) >= 11 is 0. The topological polar surface area (TPSA) is 67.9 Å². The first-order valence-corrected chi connectivity index (χ1v) is 7.28. The largest absolute Gasteiger partial charge is 0.497 e. The molecule has 3 amide bonds. The number of carbonyl (C=O) groups excluding carboxylic acids is 2. The number of urea groups is 1. The van der Waals surface area contributed by atoms with E-state index >= 15 is 0 Å². The van der Waals surface area contributed by atoms with E-state index in [1.54, 1.807) is 38.3 Å². The van der Waals surface area contributed by atoms with E-state index < -0.39 is 11.6 Å². The lowest BCUT2D eigenvalue weighted by Gasteiger charge is -2.22. The number of hydrogen-bond acceptors (Lipinski definition) is 4. The van der Waals surface area contributed by atoms with E-state index in [1.165, 1.54) is 4.90 Å². The van der Waals surface area contributed by atoms with Crippen LogP contribution in [0.3, 0.4) is 0 Å². The molecule has 22 heavy (non-hydrogen) atoms. The van der Waals surface area contributed by atoms with Gasteiger partial charge in [0.15, 0.2) is 0 Å². The van der Waals surface area contributed by atoms with Crippen LogP contribution in [-0.4, -0.2) is 43.2 Å². The number of benzene rings is 1. The van der Waals surface area contributed by atoms with Crippen molar-refractivity contribution in [2.45, 2.75) is 32.4 Å². The van der Waals surface area contributed by atoms with E-state index in [-0.39, 0.29) is 18.6 Å². The maximum absolute atomic E-state index is 12.6. The number of amides is 3. The van der Waals surface area contributed by atoms with Crippen molar-refractivity contribution in [1.29, 1.82) is 0 Å². The SMILES string of the molecule is COc1ccc(C2(C)NC(=O)N(CCOC(C)C)C2=O)cc1. The van der Waals surface area contributed by atoms with Gasteiger partial charge in [0.2, 0.25) is 0 Å². The van der Waals surface area contributed by atoms with Gasteiger partial charge in [0.25, 0.3) is 5.91 Å². The number of methoxy groups -OCH3 is 1. The Morgan fingerprint density at radius 1 is 1.23 bits per heavy atom. The van der Waals surface area contributed by atoms with Gasteiger partial charge in [0, 0.05) is 0 Å². The molecule has 0 aromatic heterocycles. The lowest BCUT2D eigenvalue weighted by Crippen LogP contribution is -2.41. The highest BCUT2D eigenvalue weighted by molar-refractivity contribution is 6.07. The Hall–Kier alpha value is -2.08. The maximum Gasteiger partial charge on any atom is 0.325 e. The molecular weight excluding hydrogens is 284 g/mol. The summed E-state index contributed by atoms with van der Waals surface area (Å²) in [7, 11) is 1.58. The summed E-state index contributed by atoms with van der Waals surface area (Å²) in [5.41, 5.74) is -0.333. The van der Waals surface area contributed by atoms with Gasteiger partial charge in [-0.3, -0.25) is 9.69 Å². The van der Waals surface area contributed by atoms with Crippen LogP contribution in [0.5, 0.6) is 5.75 Å². The van der Waals surface area contributed by atoms with Crippen molar-refractivity contribution < 1.29 is 19.1 Å². The van der Waals surface area contributed by atoms with Gasteiger partial charge in [0.1, 0.15) is 11.3 Å². The highest BCUT2D eigenvalue weighted by atomic mass is 16.5. The Morgan fingerprint density at radius 3 is 2.41 bits per heavy atom. The fraction of sp³-hybridized carbons (Fsp3) is 0.500. The quantitative estimate of drug-likeness (QED) is 0.815. The molecule has 1 atom stereocenters. The van der Waals surface area contributed by atoms with Crippen LogP contribution in [0.1, 0.15) is 26.3 Å². The summed E-state index contributed by atoms with van der Waals surface area (Å²) in [4.78, 5) is 25.9. The van der Waals surface area contributed by atoms with Crippen molar-refractivity contribution in [2.24, 2.45) is 0 Å². The highest BCUT2D eigenvalue weighted by Gasteiger charge is 2.48. The Bertz CT molecular complexity index is 556. The van der Waals surface area contributed by atoms with Gasteiger partial charge in [0.05, 0.1) is 26.4 Å². The molecule has 6 nitrogen and oxygen atoms in total. The van der Waals surface area contributed by atoms with Crippen LogP contribution < -0.4 is 10.1 Å². The molecule has 0 radical (unpaired) electrons. The summed E-state index contributed by atoms with van der Waals surface area (Å²) in [6, 6.07) is 6.71. The van der Waals surface area contributed by atoms with E-state index in [1.807, 2.05) is 13.8 Å². The van der Waals surface area contributed by atoms with Crippen molar-refractivity contribution >= 4 is 11.9 Å². The van der Waals surface area contributed by atoms with Gasteiger partial charge in [-0.2, -0.15) is 0 Å². The molecule has 0 aliphatic carbocycles. The third-order valence-electron chi connectivity index (χ3n) is 3.71. The Balaban J connectivity index is 2.14. The molecule has 2 rings (SSSR count). The minimum atomic E-state index is -1.05. The molecule has 0 saturated carbocycles. The molecule has 1 unspecified atom stereocenters. The molecule has 0 bridgehead atoms. The van der Waals surface area contributed by atoms with E-state index in [4.69, 9.17) is 9.47 Å². The second-order valence-corrected chi connectivity index (χ2v) is 5.66.